The van der Waals surface area contributed by atoms with Crippen LogP contribution < -0.4 is 20.1 Å². The zero-order valence-corrected chi connectivity index (χ0v) is 18.9. The highest BCUT2D eigenvalue weighted by molar-refractivity contribution is 6.31. The van der Waals surface area contributed by atoms with Crippen LogP contribution in [0, 0.1) is 19.1 Å². The minimum absolute atomic E-state index is 0.0342. The number of hydrogen-bond acceptors (Lipinski definition) is 7. The molecule has 5 rings (SSSR count). The number of allylic oxidation sites excluding steroid dienone is 2. The summed E-state index contributed by atoms with van der Waals surface area (Å²) in [6.45, 7) is 1.95. The molecule has 0 saturated carbocycles. The monoisotopic (exact) mass is 464 g/mol. The number of halogens is 1. The van der Waals surface area contributed by atoms with Crippen molar-refractivity contribution in [3.05, 3.63) is 75.2 Å². The Bertz CT molecular complexity index is 1250. The van der Waals surface area contributed by atoms with Gasteiger partial charge in [-0.15, -0.1) is 0 Å². The first-order chi connectivity index (χ1) is 15.9. The maximum Gasteiger partial charge on any atom is 0.338 e. The van der Waals surface area contributed by atoms with Crippen LogP contribution in [0.5, 0.6) is 11.5 Å². The van der Waals surface area contributed by atoms with E-state index in [1.807, 2.05) is 13.0 Å². The number of methoxy groups -OCH3 is 1. The van der Waals surface area contributed by atoms with Gasteiger partial charge in [0.25, 0.3) is 0 Å². The molecule has 0 fully saturated rings. The Labute approximate surface area is 196 Å². The summed E-state index contributed by atoms with van der Waals surface area (Å²) in [5.41, 5.74) is 10.2. The van der Waals surface area contributed by atoms with Crippen LogP contribution in [0.2, 0.25) is 5.02 Å². The van der Waals surface area contributed by atoms with Gasteiger partial charge in [-0.3, -0.25) is 9.69 Å². The molecule has 0 saturated heterocycles. The smallest absolute Gasteiger partial charge is 0.338 e. The summed E-state index contributed by atoms with van der Waals surface area (Å²) in [5, 5.41) is 0.391. The van der Waals surface area contributed by atoms with Crippen LogP contribution in [0.1, 0.15) is 36.3 Å². The molecule has 0 amide bonds. The summed E-state index contributed by atoms with van der Waals surface area (Å²) in [6, 6.07) is 12.8. The molecule has 0 spiro atoms. The van der Waals surface area contributed by atoms with Gasteiger partial charge in [0.05, 0.1) is 29.3 Å². The summed E-state index contributed by atoms with van der Waals surface area (Å²) in [7, 11) is 1.30. The maximum absolute atomic E-state index is 13.3. The van der Waals surface area contributed by atoms with Crippen molar-refractivity contribution in [1.29, 1.82) is 0 Å². The van der Waals surface area contributed by atoms with Crippen molar-refractivity contribution in [3.8, 4) is 11.5 Å². The minimum atomic E-state index is -0.693. The van der Waals surface area contributed by atoms with E-state index in [4.69, 9.17) is 31.5 Å². The predicted octanol–water partition coefficient (Wildman–Crippen LogP) is 3.93. The number of rotatable bonds is 3. The summed E-state index contributed by atoms with van der Waals surface area (Å²) in [5.74, 6) is 0.0170. The molecule has 2 aromatic rings. The average molecular weight is 465 g/mol. The molecule has 1 unspecified atom stereocenters. The fourth-order valence-electron chi connectivity index (χ4n) is 4.71. The molecule has 0 aromatic heterocycles. The van der Waals surface area contributed by atoms with Crippen molar-refractivity contribution in [3.63, 3.8) is 0 Å². The number of carbonyl (C=O) groups excluding carboxylic acids is 2. The highest BCUT2D eigenvalue weighted by Gasteiger charge is 2.43. The molecule has 7 nitrogen and oxygen atoms in total. The number of anilines is 1. The Morgan fingerprint density at radius 1 is 1.27 bits per heavy atom. The Hall–Kier alpha value is -3.63. The topological polar surface area (TPSA) is 91.1 Å². The molecule has 168 valence electrons. The molecule has 33 heavy (non-hydrogen) atoms. The highest BCUT2D eigenvalue weighted by atomic mass is 35.5. The maximum atomic E-state index is 13.3. The lowest BCUT2D eigenvalue weighted by Crippen LogP contribution is -2.41. The molecule has 2 aliphatic heterocycles. The molecule has 3 aliphatic rings. The van der Waals surface area contributed by atoms with Crippen LogP contribution >= 0.6 is 11.6 Å². The van der Waals surface area contributed by atoms with E-state index >= 15 is 0 Å². The Morgan fingerprint density at radius 2 is 2.06 bits per heavy atom. The van der Waals surface area contributed by atoms with E-state index in [0.717, 1.165) is 5.70 Å². The number of nitrogens with zero attached hydrogens (tertiary/aromatic N) is 1. The third kappa shape index (κ3) is 3.30. The largest absolute Gasteiger partial charge is 0.466 e. The zero-order chi connectivity index (χ0) is 23.3. The van der Waals surface area contributed by atoms with E-state index in [2.05, 4.69) is 12.1 Å². The average Bonchev–Trinajstić information content (AvgIpc) is 3.28. The number of Topliss-reactive ketones (excluding diaryl/α,β-unsaturated/α-hetero) is 1. The van der Waals surface area contributed by atoms with Gasteiger partial charge in [0.15, 0.2) is 17.3 Å². The molecular formula is C25H21ClN2O5. The van der Waals surface area contributed by atoms with Gasteiger partial charge in [-0.1, -0.05) is 23.7 Å². The second kappa shape index (κ2) is 8.05. The number of nitrogens with two attached hydrogens (primary N) is 1. The van der Waals surface area contributed by atoms with Crippen molar-refractivity contribution in [1.82, 2.24) is 0 Å². The van der Waals surface area contributed by atoms with Gasteiger partial charge in [0, 0.05) is 29.3 Å². The van der Waals surface area contributed by atoms with E-state index < -0.39 is 11.9 Å². The fraction of sp³-hybridized carbons (Fsp3) is 0.280. The normalized spacial score (nSPS) is 19.4. The number of hydrogen-bond donors (Lipinski definition) is 1. The molecule has 2 N–H and O–H groups in total. The van der Waals surface area contributed by atoms with E-state index in [0.29, 0.717) is 58.2 Å². The predicted molar refractivity (Wildman–Crippen MR) is 121 cm³/mol. The van der Waals surface area contributed by atoms with E-state index in [1.165, 1.54) is 7.11 Å². The molecule has 0 radical (unpaired) electrons. The van der Waals surface area contributed by atoms with Gasteiger partial charge >= 0.3 is 5.97 Å². The molecule has 1 atom stereocenters. The lowest BCUT2D eigenvalue weighted by Gasteiger charge is -2.40. The van der Waals surface area contributed by atoms with Crippen LogP contribution in [0.4, 0.5) is 5.69 Å². The summed E-state index contributed by atoms with van der Waals surface area (Å²) < 4.78 is 16.1. The SMILES string of the molecule is COC(=O)C1=C(N)N(c2cc#cc(Cl)c2C)C2=C(C(=O)CCC2)C1c1ccc2c(c1)OCO2. The van der Waals surface area contributed by atoms with Crippen molar-refractivity contribution < 1.29 is 23.8 Å². The molecule has 2 heterocycles. The van der Waals surface area contributed by atoms with Gasteiger partial charge in [0.2, 0.25) is 6.79 Å². The number of carbonyl (C=O) groups is 2. The van der Waals surface area contributed by atoms with Crippen LogP contribution in [-0.4, -0.2) is 25.7 Å². The van der Waals surface area contributed by atoms with Gasteiger partial charge in [-0.25, -0.2) is 4.79 Å². The standard InChI is InChI=1S/C25H21ClN2O5/c1-13-15(26)5-3-6-16(13)28-17-7-4-8-18(29)22(17)21(23(24(28)27)25(30)31-2)14-9-10-19-20(11-14)33-12-32-19/h6,9-11,21H,4,7-8,12,27H2,1-2H3. The Morgan fingerprint density at radius 3 is 2.85 bits per heavy atom. The molecule has 2 aromatic carbocycles. The third-order valence-corrected chi connectivity index (χ3v) is 6.65. The molecule has 8 heteroatoms. The van der Waals surface area contributed by atoms with E-state index in [9.17, 15) is 9.59 Å². The zero-order valence-electron chi connectivity index (χ0n) is 18.2. The fourth-order valence-corrected chi connectivity index (χ4v) is 4.86. The Kier molecular flexibility index (Phi) is 5.18. The van der Waals surface area contributed by atoms with Gasteiger partial charge in [-0.05, 0) is 43.5 Å². The number of benzene rings is 1. The summed E-state index contributed by atoms with van der Waals surface area (Å²) >= 11 is 6.32. The number of ketones is 1. The summed E-state index contributed by atoms with van der Waals surface area (Å²) in [4.78, 5) is 28.2. The number of esters is 1. The first-order valence-electron chi connectivity index (χ1n) is 10.5. The van der Waals surface area contributed by atoms with E-state index in [1.54, 1.807) is 23.1 Å². The second-order valence-electron chi connectivity index (χ2n) is 8.05. The molecule has 1 aliphatic carbocycles. The second-order valence-corrected chi connectivity index (χ2v) is 8.42. The highest BCUT2D eigenvalue weighted by Crippen LogP contribution is 2.49. The van der Waals surface area contributed by atoms with Crippen LogP contribution in [0.3, 0.4) is 0 Å². The van der Waals surface area contributed by atoms with Gasteiger partial charge in [-0.2, -0.15) is 0 Å². The van der Waals surface area contributed by atoms with Gasteiger partial charge in [0.1, 0.15) is 5.82 Å². The minimum Gasteiger partial charge on any atom is -0.466 e. The lowest BCUT2D eigenvalue weighted by molar-refractivity contribution is -0.136. The first kappa shape index (κ1) is 21.2. The van der Waals surface area contributed by atoms with Crippen LogP contribution in [-0.2, 0) is 14.3 Å². The lowest BCUT2D eigenvalue weighted by atomic mass is 9.75. The number of fused-ring (bicyclic) bond motifs is 1. The first-order valence-corrected chi connectivity index (χ1v) is 10.9. The summed E-state index contributed by atoms with van der Waals surface area (Å²) in [6.07, 6.45) is 1.68. The number of ether oxygens (including phenoxy) is 3. The van der Waals surface area contributed by atoms with Crippen molar-refractivity contribution in [2.75, 3.05) is 18.8 Å². The molecular weight excluding hydrogens is 444 g/mol. The van der Waals surface area contributed by atoms with Crippen LogP contribution in [0.25, 0.3) is 0 Å². The van der Waals surface area contributed by atoms with Crippen molar-refractivity contribution in [2.45, 2.75) is 32.1 Å². The van der Waals surface area contributed by atoms with E-state index in [-0.39, 0.29) is 24.0 Å². The van der Waals surface area contributed by atoms with Crippen LogP contribution in [0.15, 0.2) is 46.9 Å². The van der Waals surface area contributed by atoms with Crippen molar-refractivity contribution in [2.24, 2.45) is 5.73 Å². The third-order valence-electron chi connectivity index (χ3n) is 6.27. The quantitative estimate of drug-likeness (QED) is 0.688. The molecule has 0 bridgehead atoms. The Balaban J connectivity index is 1.78. The van der Waals surface area contributed by atoms with Gasteiger partial charge < -0.3 is 19.9 Å². The van der Waals surface area contributed by atoms with Crippen molar-refractivity contribution >= 4 is 29.0 Å².